The molecule has 2 N–H and O–H groups in total. The molecule has 0 saturated carbocycles. The van der Waals surface area contributed by atoms with Gasteiger partial charge < -0.3 is 5.11 Å². The third-order valence-electron chi connectivity index (χ3n) is 4.78. The molecule has 1 heterocycles. The van der Waals surface area contributed by atoms with E-state index in [4.69, 9.17) is 0 Å². The second kappa shape index (κ2) is 8.12. The zero-order valence-corrected chi connectivity index (χ0v) is 14.1. The maximum absolute atomic E-state index is 13.0. The van der Waals surface area contributed by atoms with Gasteiger partial charge in [-0.2, -0.15) is 0 Å². The van der Waals surface area contributed by atoms with Gasteiger partial charge in [0, 0.05) is 13.1 Å². The SMILES string of the molecule is O=C(O)N1CCC(Cc2ccc(F)cc2)CC1NCc1ccccc1. The number of halogens is 1. The van der Waals surface area contributed by atoms with E-state index in [1.54, 1.807) is 0 Å². The Morgan fingerprint density at radius 2 is 1.84 bits per heavy atom. The number of likely N-dealkylation sites (tertiary alicyclic amines) is 1. The van der Waals surface area contributed by atoms with Crippen LogP contribution in [0, 0.1) is 11.7 Å². The van der Waals surface area contributed by atoms with Crippen LogP contribution in [0.4, 0.5) is 9.18 Å². The lowest BCUT2D eigenvalue weighted by molar-refractivity contribution is 0.0749. The first-order chi connectivity index (χ1) is 12.1. The Hall–Kier alpha value is -2.40. The molecular weight excluding hydrogens is 319 g/mol. The van der Waals surface area contributed by atoms with Crippen LogP contribution < -0.4 is 5.32 Å². The quantitative estimate of drug-likeness (QED) is 0.867. The second-order valence-corrected chi connectivity index (χ2v) is 6.58. The molecule has 1 amide bonds. The predicted octanol–water partition coefficient (Wildman–Crippen LogP) is 3.87. The van der Waals surface area contributed by atoms with Crippen LogP contribution in [-0.4, -0.2) is 28.8 Å². The minimum atomic E-state index is -0.884. The summed E-state index contributed by atoms with van der Waals surface area (Å²) in [7, 11) is 0. The van der Waals surface area contributed by atoms with Crippen LogP contribution in [0.5, 0.6) is 0 Å². The number of carboxylic acid groups (broad SMARTS) is 1. The van der Waals surface area contributed by atoms with Gasteiger partial charge in [0.05, 0.1) is 6.17 Å². The van der Waals surface area contributed by atoms with Crippen molar-refractivity contribution in [2.75, 3.05) is 6.54 Å². The van der Waals surface area contributed by atoms with Gasteiger partial charge in [0.25, 0.3) is 0 Å². The zero-order valence-electron chi connectivity index (χ0n) is 14.1. The smallest absolute Gasteiger partial charge is 0.408 e. The molecule has 1 aliphatic rings. The molecule has 2 aromatic carbocycles. The van der Waals surface area contributed by atoms with Crippen molar-refractivity contribution < 1.29 is 14.3 Å². The van der Waals surface area contributed by atoms with E-state index in [9.17, 15) is 14.3 Å². The summed E-state index contributed by atoms with van der Waals surface area (Å²) in [6.07, 6.45) is 1.35. The summed E-state index contributed by atoms with van der Waals surface area (Å²) in [6.45, 7) is 1.16. The van der Waals surface area contributed by atoms with Crippen molar-refractivity contribution in [2.45, 2.75) is 32.0 Å². The van der Waals surface area contributed by atoms with Gasteiger partial charge in [0.2, 0.25) is 0 Å². The van der Waals surface area contributed by atoms with E-state index >= 15 is 0 Å². The molecule has 2 unspecified atom stereocenters. The Bertz CT molecular complexity index is 691. The van der Waals surface area contributed by atoms with E-state index < -0.39 is 6.09 Å². The molecule has 132 valence electrons. The van der Waals surface area contributed by atoms with Gasteiger partial charge in [-0.05, 0) is 48.4 Å². The fourth-order valence-electron chi connectivity index (χ4n) is 3.43. The second-order valence-electron chi connectivity index (χ2n) is 6.58. The van der Waals surface area contributed by atoms with Crippen molar-refractivity contribution in [1.29, 1.82) is 0 Å². The Morgan fingerprint density at radius 1 is 1.12 bits per heavy atom. The zero-order chi connectivity index (χ0) is 17.6. The van der Waals surface area contributed by atoms with Crippen molar-refractivity contribution in [3.8, 4) is 0 Å². The fourth-order valence-corrected chi connectivity index (χ4v) is 3.43. The molecule has 0 spiro atoms. The molecule has 0 aliphatic carbocycles. The third kappa shape index (κ3) is 4.79. The summed E-state index contributed by atoms with van der Waals surface area (Å²) in [4.78, 5) is 13.0. The summed E-state index contributed by atoms with van der Waals surface area (Å²) < 4.78 is 13.0. The van der Waals surface area contributed by atoms with Crippen LogP contribution in [0.15, 0.2) is 54.6 Å². The lowest BCUT2D eigenvalue weighted by Gasteiger charge is -2.38. The van der Waals surface area contributed by atoms with E-state index in [0.29, 0.717) is 19.0 Å². The highest BCUT2D eigenvalue weighted by Crippen LogP contribution is 2.25. The molecule has 1 saturated heterocycles. The number of benzene rings is 2. The topological polar surface area (TPSA) is 52.6 Å². The minimum Gasteiger partial charge on any atom is -0.465 e. The molecular formula is C20H23FN2O2. The van der Waals surface area contributed by atoms with Gasteiger partial charge >= 0.3 is 6.09 Å². The number of amides is 1. The molecule has 2 aromatic rings. The molecule has 0 bridgehead atoms. The average Bonchev–Trinajstić information content (AvgIpc) is 2.63. The number of carbonyl (C=O) groups is 1. The van der Waals surface area contributed by atoms with Gasteiger partial charge in [-0.3, -0.25) is 10.2 Å². The van der Waals surface area contributed by atoms with Crippen LogP contribution in [0.1, 0.15) is 24.0 Å². The van der Waals surface area contributed by atoms with Crippen molar-refractivity contribution in [1.82, 2.24) is 10.2 Å². The number of nitrogens with zero attached hydrogens (tertiary/aromatic N) is 1. The highest BCUT2D eigenvalue weighted by Gasteiger charge is 2.31. The monoisotopic (exact) mass is 342 g/mol. The number of rotatable bonds is 5. The van der Waals surface area contributed by atoms with Gasteiger partial charge in [-0.15, -0.1) is 0 Å². The normalized spacial score (nSPS) is 20.4. The first-order valence-corrected chi connectivity index (χ1v) is 8.63. The Labute approximate surface area is 147 Å². The van der Waals surface area contributed by atoms with Crippen LogP contribution in [0.25, 0.3) is 0 Å². The fraction of sp³-hybridized carbons (Fsp3) is 0.350. The van der Waals surface area contributed by atoms with Gasteiger partial charge in [-0.1, -0.05) is 42.5 Å². The van der Waals surface area contributed by atoms with E-state index in [-0.39, 0.29) is 12.0 Å². The molecule has 1 fully saturated rings. The Balaban J connectivity index is 1.62. The predicted molar refractivity (Wildman–Crippen MR) is 94.6 cm³/mol. The van der Waals surface area contributed by atoms with Crippen molar-refractivity contribution in [3.05, 3.63) is 71.5 Å². The van der Waals surface area contributed by atoms with E-state index in [1.807, 2.05) is 42.5 Å². The van der Waals surface area contributed by atoms with Crippen molar-refractivity contribution >= 4 is 6.09 Å². The molecule has 0 radical (unpaired) electrons. The average molecular weight is 342 g/mol. The first-order valence-electron chi connectivity index (χ1n) is 8.63. The maximum Gasteiger partial charge on any atom is 0.408 e. The highest BCUT2D eigenvalue weighted by molar-refractivity contribution is 5.65. The summed E-state index contributed by atoms with van der Waals surface area (Å²) in [5.74, 6) is 0.154. The summed E-state index contributed by atoms with van der Waals surface area (Å²) in [5.41, 5.74) is 2.23. The van der Waals surface area contributed by atoms with Crippen molar-refractivity contribution in [2.24, 2.45) is 5.92 Å². The van der Waals surface area contributed by atoms with Crippen LogP contribution in [0.3, 0.4) is 0 Å². The molecule has 3 rings (SSSR count). The molecule has 5 heteroatoms. The van der Waals surface area contributed by atoms with Gasteiger partial charge in [-0.25, -0.2) is 9.18 Å². The van der Waals surface area contributed by atoms with E-state index in [2.05, 4.69) is 5.32 Å². The maximum atomic E-state index is 13.0. The summed E-state index contributed by atoms with van der Waals surface area (Å²) in [5, 5.41) is 12.8. The Morgan fingerprint density at radius 3 is 2.52 bits per heavy atom. The number of hydrogen-bond donors (Lipinski definition) is 2. The lowest BCUT2D eigenvalue weighted by atomic mass is 9.88. The third-order valence-corrected chi connectivity index (χ3v) is 4.78. The van der Waals surface area contributed by atoms with Gasteiger partial charge in [0.1, 0.15) is 5.82 Å². The number of hydrogen-bond acceptors (Lipinski definition) is 2. The highest BCUT2D eigenvalue weighted by atomic mass is 19.1. The summed E-state index contributed by atoms with van der Waals surface area (Å²) >= 11 is 0. The number of nitrogens with one attached hydrogen (secondary N) is 1. The first kappa shape index (κ1) is 17.4. The summed E-state index contributed by atoms with van der Waals surface area (Å²) in [6, 6.07) is 16.5. The molecule has 0 aromatic heterocycles. The van der Waals surface area contributed by atoms with Crippen LogP contribution in [-0.2, 0) is 13.0 Å². The Kier molecular flexibility index (Phi) is 5.66. The van der Waals surface area contributed by atoms with Crippen LogP contribution >= 0.6 is 0 Å². The molecule has 4 nitrogen and oxygen atoms in total. The standard InChI is InChI=1S/C20H23FN2O2/c21-18-8-6-15(7-9-18)12-17-10-11-23(20(24)25)19(13-17)22-14-16-4-2-1-3-5-16/h1-9,17,19,22H,10-14H2,(H,24,25). The number of piperidine rings is 1. The molecule has 2 atom stereocenters. The van der Waals surface area contributed by atoms with Crippen LogP contribution in [0.2, 0.25) is 0 Å². The lowest BCUT2D eigenvalue weighted by Crippen LogP contribution is -2.52. The molecule has 25 heavy (non-hydrogen) atoms. The van der Waals surface area contributed by atoms with Crippen molar-refractivity contribution in [3.63, 3.8) is 0 Å². The van der Waals surface area contributed by atoms with E-state index in [0.717, 1.165) is 30.4 Å². The largest absolute Gasteiger partial charge is 0.465 e. The van der Waals surface area contributed by atoms with Gasteiger partial charge in [0.15, 0.2) is 0 Å². The molecule has 1 aliphatic heterocycles. The van der Waals surface area contributed by atoms with E-state index in [1.165, 1.54) is 17.0 Å². The minimum absolute atomic E-state index is 0.197.